The van der Waals surface area contributed by atoms with Gasteiger partial charge in [0, 0.05) is 18.9 Å². The number of thiocarbonyl (C=S) groups is 1. The van der Waals surface area contributed by atoms with Crippen LogP contribution < -0.4 is 11.1 Å². The van der Waals surface area contributed by atoms with Crippen molar-refractivity contribution in [3.63, 3.8) is 0 Å². The van der Waals surface area contributed by atoms with Crippen molar-refractivity contribution < 1.29 is 0 Å². The molecule has 1 heterocycles. The van der Waals surface area contributed by atoms with Gasteiger partial charge in [-0.3, -0.25) is 0 Å². The Morgan fingerprint density at radius 1 is 1.40 bits per heavy atom. The topological polar surface area (TPSA) is 63.8 Å². The molecule has 1 aromatic rings. The number of hydrogen-bond acceptors (Lipinski definition) is 4. The molecule has 0 bridgehead atoms. The van der Waals surface area contributed by atoms with Gasteiger partial charge in [-0.25, -0.2) is 9.97 Å². The number of nitrogens with zero attached hydrogens (tertiary/aromatic N) is 2. The molecule has 0 fully saturated rings. The molecule has 0 aliphatic rings. The van der Waals surface area contributed by atoms with Crippen LogP contribution >= 0.6 is 12.2 Å². The van der Waals surface area contributed by atoms with Gasteiger partial charge < -0.3 is 11.1 Å². The van der Waals surface area contributed by atoms with Crippen LogP contribution in [0.25, 0.3) is 0 Å². The number of anilines is 1. The van der Waals surface area contributed by atoms with Gasteiger partial charge in [-0.2, -0.15) is 0 Å². The molecule has 0 saturated carbocycles. The van der Waals surface area contributed by atoms with Crippen LogP contribution in [0.5, 0.6) is 0 Å². The van der Waals surface area contributed by atoms with Crippen molar-refractivity contribution in [2.24, 2.45) is 11.1 Å². The first-order chi connectivity index (χ1) is 6.90. The van der Waals surface area contributed by atoms with E-state index in [4.69, 9.17) is 18.0 Å². The number of nitrogens with two attached hydrogens (primary N) is 1. The fourth-order valence-corrected chi connectivity index (χ4v) is 1.15. The maximum Gasteiger partial charge on any atom is 0.155 e. The largest absolute Gasteiger partial charge is 0.388 e. The summed E-state index contributed by atoms with van der Waals surface area (Å²) in [6.45, 7) is 7.20. The van der Waals surface area contributed by atoms with E-state index in [1.807, 2.05) is 0 Å². The second kappa shape index (κ2) is 4.53. The van der Waals surface area contributed by atoms with Gasteiger partial charge >= 0.3 is 0 Å². The van der Waals surface area contributed by atoms with Gasteiger partial charge in [-0.15, -0.1) is 0 Å². The van der Waals surface area contributed by atoms with Crippen LogP contribution in [-0.4, -0.2) is 21.5 Å². The fourth-order valence-electron chi connectivity index (χ4n) is 0.997. The van der Waals surface area contributed by atoms with E-state index in [-0.39, 0.29) is 10.4 Å². The summed E-state index contributed by atoms with van der Waals surface area (Å²) >= 11 is 4.89. The van der Waals surface area contributed by atoms with Gasteiger partial charge in [0.05, 0.1) is 0 Å². The molecule has 1 aromatic heterocycles. The lowest BCUT2D eigenvalue weighted by Crippen LogP contribution is -2.22. The lowest BCUT2D eigenvalue weighted by Gasteiger charge is -2.19. The Morgan fingerprint density at radius 3 is 2.53 bits per heavy atom. The molecular weight excluding hydrogens is 208 g/mol. The van der Waals surface area contributed by atoms with E-state index in [0.717, 1.165) is 6.54 Å². The number of nitrogens with one attached hydrogen (secondary N) is 1. The summed E-state index contributed by atoms with van der Waals surface area (Å²) in [5.74, 6) is 0.653. The number of hydrogen-bond donors (Lipinski definition) is 2. The SMILES string of the molecule is CC(C)(C)CNc1nccnc1C(N)=S. The standard InChI is InChI=1S/C10H16N4S/c1-10(2,3)6-14-9-7(8(11)15)12-4-5-13-9/h4-5H,6H2,1-3H3,(H2,11,15)(H,13,14). The van der Waals surface area contributed by atoms with Crippen molar-refractivity contribution in [1.29, 1.82) is 0 Å². The highest BCUT2D eigenvalue weighted by atomic mass is 32.1. The third-order valence-electron chi connectivity index (χ3n) is 1.72. The molecule has 5 heteroatoms. The molecule has 0 aromatic carbocycles. The average Bonchev–Trinajstić information content (AvgIpc) is 2.14. The van der Waals surface area contributed by atoms with Crippen LogP contribution in [0.1, 0.15) is 26.5 Å². The Labute approximate surface area is 95.3 Å². The lowest BCUT2D eigenvalue weighted by atomic mass is 9.97. The first kappa shape index (κ1) is 11.8. The highest BCUT2D eigenvalue weighted by Gasteiger charge is 2.13. The van der Waals surface area contributed by atoms with Crippen LogP contribution in [0.3, 0.4) is 0 Å². The molecule has 1 rings (SSSR count). The summed E-state index contributed by atoms with van der Waals surface area (Å²) in [4.78, 5) is 8.51. The van der Waals surface area contributed by atoms with E-state index in [9.17, 15) is 0 Å². The molecule has 4 nitrogen and oxygen atoms in total. The highest BCUT2D eigenvalue weighted by Crippen LogP contribution is 2.15. The van der Waals surface area contributed by atoms with E-state index >= 15 is 0 Å². The summed E-state index contributed by atoms with van der Waals surface area (Å²) in [7, 11) is 0. The zero-order valence-corrected chi connectivity index (χ0v) is 10.1. The zero-order valence-electron chi connectivity index (χ0n) is 9.24. The summed E-state index contributed by atoms with van der Waals surface area (Å²) in [6.07, 6.45) is 3.20. The Hall–Kier alpha value is -1.23. The first-order valence-corrected chi connectivity index (χ1v) is 5.16. The molecule has 15 heavy (non-hydrogen) atoms. The third kappa shape index (κ3) is 3.79. The van der Waals surface area contributed by atoms with Crippen molar-refractivity contribution in [2.45, 2.75) is 20.8 Å². The zero-order chi connectivity index (χ0) is 11.5. The predicted molar refractivity (Wildman–Crippen MR) is 65.9 cm³/mol. The van der Waals surface area contributed by atoms with Gasteiger partial charge in [-0.05, 0) is 5.41 Å². The number of aromatic nitrogens is 2. The van der Waals surface area contributed by atoms with Gasteiger partial charge in [0.1, 0.15) is 10.7 Å². The van der Waals surface area contributed by atoms with E-state index in [0.29, 0.717) is 11.5 Å². The van der Waals surface area contributed by atoms with E-state index in [2.05, 4.69) is 36.1 Å². The monoisotopic (exact) mass is 224 g/mol. The van der Waals surface area contributed by atoms with Crippen LogP contribution in [0.2, 0.25) is 0 Å². The predicted octanol–water partition coefficient (Wildman–Crippen LogP) is 1.57. The quantitative estimate of drug-likeness (QED) is 0.763. The van der Waals surface area contributed by atoms with Gasteiger partial charge in [-0.1, -0.05) is 33.0 Å². The Kier molecular flexibility index (Phi) is 3.57. The molecule has 0 saturated heterocycles. The minimum absolute atomic E-state index is 0.172. The Bertz CT molecular complexity index is 357. The van der Waals surface area contributed by atoms with Crippen molar-refractivity contribution >= 4 is 23.0 Å². The molecule has 0 spiro atoms. The Morgan fingerprint density at radius 2 is 2.00 bits per heavy atom. The minimum atomic E-state index is 0.172. The van der Waals surface area contributed by atoms with Gasteiger partial charge in [0.25, 0.3) is 0 Å². The van der Waals surface area contributed by atoms with Crippen LogP contribution in [0.4, 0.5) is 5.82 Å². The fraction of sp³-hybridized carbons (Fsp3) is 0.500. The molecule has 0 amide bonds. The van der Waals surface area contributed by atoms with E-state index in [1.165, 1.54) is 0 Å². The maximum absolute atomic E-state index is 5.54. The number of rotatable bonds is 3. The normalized spacial score (nSPS) is 11.1. The van der Waals surface area contributed by atoms with Gasteiger partial charge in [0.15, 0.2) is 5.82 Å². The maximum atomic E-state index is 5.54. The molecule has 0 aliphatic carbocycles. The van der Waals surface area contributed by atoms with Crippen LogP contribution in [-0.2, 0) is 0 Å². The summed E-state index contributed by atoms with van der Waals surface area (Å²) in [5, 5.41) is 3.19. The first-order valence-electron chi connectivity index (χ1n) is 4.75. The van der Waals surface area contributed by atoms with E-state index in [1.54, 1.807) is 12.4 Å². The lowest BCUT2D eigenvalue weighted by molar-refractivity contribution is 0.442. The van der Waals surface area contributed by atoms with Crippen LogP contribution in [0, 0.1) is 5.41 Å². The molecular formula is C10H16N4S. The molecule has 0 atom stereocenters. The molecule has 0 unspecified atom stereocenters. The van der Waals surface area contributed by atoms with Crippen molar-refractivity contribution in [1.82, 2.24) is 9.97 Å². The van der Waals surface area contributed by atoms with Crippen LogP contribution in [0.15, 0.2) is 12.4 Å². The summed E-state index contributed by atoms with van der Waals surface area (Å²) in [5.41, 5.74) is 6.27. The second-order valence-electron chi connectivity index (χ2n) is 4.53. The smallest absolute Gasteiger partial charge is 0.155 e. The highest BCUT2D eigenvalue weighted by molar-refractivity contribution is 7.80. The molecule has 3 N–H and O–H groups in total. The van der Waals surface area contributed by atoms with Crippen molar-refractivity contribution in [3.05, 3.63) is 18.1 Å². The third-order valence-corrected chi connectivity index (χ3v) is 1.91. The summed E-state index contributed by atoms with van der Waals surface area (Å²) in [6, 6.07) is 0. The van der Waals surface area contributed by atoms with Crippen molar-refractivity contribution in [3.8, 4) is 0 Å². The van der Waals surface area contributed by atoms with Gasteiger partial charge in [0.2, 0.25) is 0 Å². The second-order valence-corrected chi connectivity index (χ2v) is 4.97. The molecule has 0 aliphatic heterocycles. The van der Waals surface area contributed by atoms with E-state index < -0.39 is 0 Å². The Balaban J connectivity index is 2.81. The average molecular weight is 224 g/mol. The summed E-state index contributed by atoms with van der Waals surface area (Å²) < 4.78 is 0. The minimum Gasteiger partial charge on any atom is -0.388 e. The van der Waals surface area contributed by atoms with Crippen molar-refractivity contribution in [2.75, 3.05) is 11.9 Å². The molecule has 82 valence electrons. The molecule has 0 radical (unpaired) electrons.